The zero-order valence-corrected chi connectivity index (χ0v) is 7.84. The van der Waals surface area contributed by atoms with E-state index in [9.17, 15) is 0 Å². The Kier molecular flexibility index (Phi) is 4.13. The van der Waals surface area contributed by atoms with Gasteiger partial charge in [-0.15, -0.1) is 6.42 Å². The van der Waals surface area contributed by atoms with Gasteiger partial charge in [0.25, 0.3) is 0 Å². The van der Waals surface area contributed by atoms with Crippen LogP contribution in [0.15, 0.2) is 0 Å². The predicted octanol–water partition coefficient (Wildman–Crippen LogP) is 0.693. The first-order valence-corrected chi connectivity index (χ1v) is 4.76. The molecule has 0 aliphatic carbocycles. The molecule has 68 valence electrons. The number of hydrogen-bond donors (Lipinski definition) is 1. The van der Waals surface area contributed by atoms with E-state index in [2.05, 4.69) is 23.1 Å². The van der Waals surface area contributed by atoms with Crippen LogP contribution in [0.4, 0.5) is 0 Å². The second-order valence-electron chi connectivity index (χ2n) is 3.32. The Labute approximate surface area is 75.3 Å². The zero-order valence-electron chi connectivity index (χ0n) is 7.84. The maximum absolute atomic E-state index is 5.31. The fraction of sp³-hybridized carbons (Fsp3) is 0.800. The third kappa shape index (κ3) is 2.51. The van der Waals surface area contributed by atoms with Crippen molar-refractivity contribution in [3.05, 3.63) is 0 Å². The van der Waals surface area contributed by atoms with Crippen LogP contribution in [0, 0.1) is 12.3 Å². The number of rotatable bonds is 3. The van der Waals surface area contributed by atoms with Gasteiger partial charge < -0.3 is 5.32 Å². The van der Waals surface area contributed by atoms with Gasteiger partial charge in [0.05, 0.1) is 6.54 Å². The van der Waals surface area contributed by atoms with E-state index in [1.54, 1.807) is 0 Å². The van der Waals surface area contributed by atoms with Crippen molar-refractivity contribution in [2.24, 2.45) is 0 Å². The van der Waals surface area contributed by atoms with E-state index in [0.717, 1.165) is 26.2 Å². The lowest BCUT2D eigenvalue weighted by Crippen LogP contribution is -2.51. The molecule has 1 N–H and O–H groups in total. The minimum absolute atomic E-state index is 0.666. The number of terminal acetylenes is 1. The van der Waals surface area contributed by atoms with Crippen molar-refractivity contribution in [3.8, 4) is 12.3 Å². The maximum atomic E-state index is 5.31. The summed E-state index contributed by atoms with van der Waals surface area (Å²) in [6, 6.07) is 0.666. The van der Waals surface area contributed by atoms with Gasteiger partial charge in [-0.1, -0.05) is 19.3 Å². The largest absolute Gasteiger partial charge is 0.314 e. The lowest BCUT2D eigenvalue weighted by molar-refractivity contribution is 0.172. The van der Waals surface area contributed by atoms with Crippen molar-refractivity contribution in [1.29, 1.82) is 0 Å². The van der Waals surface area contributed by atoms with Crippen LogP contribution >= 0.6 is 0 Å². The summed E-state index contributed by atoms with van der Waals surface area (Å²) in [6.07, 6.45) is 7.81. The standard InChI is InChI=1S/C10H18N2/c1-3-5-10-9-11-6-8-12(10)7-4-2/h2,10-11H,3,5-9H2,1H3. The average Bonchev–Trinajstić information content (AvgIpc) is 2.09. The number of nitrogens with zero attached hydrogens (tertiary/aromatic N) is 1. The second-order valence-corrected chi connectivity index (χ2v) is 3.32. The highest BCUT2D eigenvalue weighted by Gasteiger charge is 2.19. The van der Waals surface area contributed by atoms with E-state index in [4.69, 9.17) is 6.42 Å². The Hall–Kier alpha value is -0.520. The molecule has 1 aliphatic rings. The van der Waals surface area contributed by atoms with Crippen LogP contribution in [0.1, 0.15) is 19.8 Å². The van der Waals surface area contributed by atoms with Gasteiger partial charge in [0, 0.05) is 25.7 Å². The van der Waals surface area contributed by atoms with E-state index < -0.39 is 0 Å². The molecular weight excluding hydrogens is 148 g/mol. The molecule has 1 saturated heterocycles. The van der Waals surface area contributed by atoms with Crippen molar-refractivity contribution >= 4 is 0 Å². The molecule has 1 atom stereocenters. The van der Waals surface area contributed by atoms with E-state index >= 15 is 0 Å². The minimum Gasteiger partial charge on any atom is -0.314 e. The summed E-state index contributed by atoms with van der Waals surface area (Å²) in [5.74, 6) is 2.72. The van der Waals surface area contributed by atoms with Gasteiger partial charge in [-0.3, -0.25) is 4.90 Å². The summed E-state index contributed by atoms with van der Waals surface area (Å²) >= 11 is 0. The fourth-order valence-corrected chi connectivity index (χ4v) is 1.75. The lowest BCUT2D eigenvalue weighted by atomic mass is 10.1. The normalized spacial score (nSPS) is 25.2. The predicted molar refractivity (Wildman–Crippen MR) is 52.0 cm³/mol. The van der Waals surface area contributed by atoms with Crippen LogP contribution in [-0.2, 0) is 0 Å². The van der Waals surface area contributed by atoms with Crippen LogP contribution in [0.2, 0.25) is 0 Å². The fourth-order valence-electron chi connectivity index (χ4n) is 1.75. The number of nitrogens with one attached hydrogen (secondary N) is 1. The van der Waals surface area contributed by atoms with Gasteiger partial charge in [-0.05, 0) is 6.42 Å². The van der Waals surface area contributed by atoms with E-state index in [1.165, 1.54) is 12.8 Å². The van der Waals surface area contributed by atoms with Crippen molar-refractivity contribution < 1.29 is 0 Å². The van der Waals surface area contributed by atoms with E-state index in [-0.39, 0.29) is 0 Å². The Balaban J connectivity index is 2.38. The molecule has 2 nitrogen and oxygen atoms in total. The first-order chi connectivity index (χ1) is 5.88. The zero-order chi connectivity index (χ0) is 8.81. The lowest BCUT2D eigenvalue weighted by Gasteiger charge is -2.34. The molecule has 0 saturated carbocycles. The third-order valence-electron chi connectivity index (χ3n) is 2.39. The highest BCUT2D eigenvalue weighted by molar-refractivity contribution is 4.92. The first-order valence-electron chi connectivity index (χ1n) is 4.76. The molecule has 0 aromatic heterocycles. The molecule has 0 aromatic carbocycles. The van der Waals surface area contributed by atoms with E-state index in [1.807, 2.05) is 0 Å². The summed E-state index contributed by atoms with van der Waals surface area (Å²) in [6.45, 7) is 6.33. The second kappa shape index (κ2) is 5.18. The molecule has 2 heteroatoms. The number of piperazine rings is 1. The van der Waals surface area contributed by atoms with Gasteiger partial charge in [0.1, 0.15) is 0 Å². The molecule has 0 bridgehead atoms. The molecular formula is C10H18N2. The van der Waals surface area contributed by atoms with Crippen molar-refractivity contribution in [3.63, 3.8) is 0 Å². The number of hydrogen-bond acceptors (Lipinski definition) is 2. The molecule has 1 heterocycles. The molecule has 1 rings (SSSR count). The van der Waals surface area contributed by atoms with Crippen LogP contribution in [0.5, 0.6) is 0 Å². The molecule has 0 spiro atoms. The molecule has 0 aromatic rings. The Bertz CT molecular complexity index is 158. The van der Waals surface area contributed by atoms with Gasteiger partial charge in [-0.25, -0.2) is 0 Å². The first kappa shape index (κ1) is 9.57. The summed E-state index contributed by atoms with van der Waals surface area (Å²) in [4.78, 5) is 2.40. The molecule has 1 unspecified atom stereocenters. The van der Waals surface area contributed by atoms with Gasteiger partial charge in [0.15, 0.2) is 0 Å². The summed E-state index contributed by atoms with van der Waals surface area (Å²) in [5.41, 5.74) is 0. The van der Waals surface area contributed by atoms with Crippen molar-refractivity contribution in [1.82, 2.24) is 10.2 Å². The third-order valence-corrected chi connectivity index (χ3v) is 2.39. The van der Waals surface area contributed by atoms with Crippen LogP contribution in [0.25, 0.3) is 0 Å². The Morgan fingerprint density at radius 2 is 2.50 bits per heavy atom. The summed E-state index contributed by atoms with van der Waals surface area (Å²) in [5, 5.41) is 3.40. The topological polar surface area (TPSA) is 15.3 Å². The van der Waals surface area contributed by atoms with Gasteiger partial charge >= 0.3 is 0 Å². The molecule has 1 aliphatic heterocycles. The Morgan fingerprint density at radius 3 is 3.17 bits per heavy atom. The Morgan fingerprint density at radius 1 is 1.67 bits per heavy atom. The van der Waals surface area contributed by atoms with Gasteiger partial charge in [0.2, 0.25) is 0 Å². The quantitative estimate of drug-likeness (QED) is 0.621. The van der Waals surface area contributed by atoms with Crippen LogP contribution in [0.3, 0.4) is 0 Å². The highest BCUT2D eigenvalue weighted by atomic mass is 15.2. The SMILES string of the molecule is C#CCN1CCNCC1CCC. The smallest absolute Gasteiger partial charge is 0.0602 e. The van der Waals surface area contributed by atoms with Crippen molar-refractivity contribution in [2.75, 3.05) is 26.2 Å². The molecule has 1 fully saturated rings. The summed E-state index contributed by atoms with van der Waals surface area (Å²) in [7, 11) is 0. The molecule has 12 heavy (non-hydrogen) atoms. The van der Waals surface area contributed by atoms with Crippen molar-refractivity contribution in [2.45, 2.75) is 25.8 Å². The maximum Gasteiger partial charge on any atom is 0.0602 e. The van der Waals surface area contributed by atoms with Crippen LogP contribution < -0.4 is 5.32 Å². The molecule has 0 radical (unpaired) electrons. The minimum atomic E-state index is 0.666. The van der Waals surface area contributed by atoms with Crippen LogP contribution in [-0.4, -0.2) is 37.1 Å². The van der Waals surface area contributed by atoms with Gasteiger partial charge in [-0.2, -0.15) is 0 Å². The average molecular weight is 166 g/mol. The molecule has 0 amide bonds. The highest BCUT2D eigenvalue weighted by Crippen LogP contribution is 2.08. The summed E-state index contributed by atoms with van der Waals surface area (Å²) < 4.78 is 0. The van der Waals surface area contributed by atoms with E-state index in [0.29, 0.717) is 6.04 Å². The monoisotopic (exact) mass is 166 g/mol.